The number of carboxylic acid groups (broad SMARTS) is 1. The Kier molecular flexibility index (Phi) is 6.44. The standard InChI is InChI=1S/C25H16N8O2S5/c1-11-8-19(13-2-6-17(36-13)24-26-30-31-27-24)39-22(11)15-4-5-16(38-15)23-12(10-21(34)35)9-20(40-23)14-3-7-18(37-14)25-28-32-33-29-25/h2-9H,10H2,1H3,(H,34,35)(H,26,27,30,31)(H,28,29,32,33). The molecule has 10 nitrogen and oxygen atoms in total. The molecule has 0 aliphatic heterocycles. The number of thiophene rings is 5. The Morgan fingerprint density at radius 3 is 1.75 bits per heavy atom. The summed E-state index contributed by atoms with van der Waals surface area (Å²) in [6.45, 7) is 2.12. The lowest BCUT2D eigenvalue weighted by atomic mass is 10.1. The van der Waals surface area contributed by atoms with Crippen molar-refractivity contribution in [1.29, 1.82) is 0 Å². The Bertz CT molecular complexity index is 1940. The van der Waals surface area contributed by atoms with Crippen molar-refractivity contribution in [1.82, 2.24) is 41.2 Å². The smallest absolute Gasteiger partial charge is 0.307 e. The van der Waals surface area contributed by atoms with Crippen molar-refractivity contribution in [3.8, 4) is 60.4 Å². The molecule has 0 spiro atoms. The third kappa shape index (κ3) is 4.71. The van der Waals surface area contributed by atoms with Crippen LogP contribution >= 0.6 is 56.7 Å². The molecule has 3 N–H and O–H groups in total. The van der Waals surface area contributed by atoms with Gasteiger partial charge in [0.1, 0.15) is 0 Å². The minimum Gasteiger partial charge on any atom is -0.481 e. The van der Waals surface area contributed by atoms with Crippen LogP contribution in [0.4, 0.5) is 0 Å². The number of hydrogen-bond acceptors (Lipinski definition) is 12. The normalized spacial score (nSPS) is 11.4. The molecule has 0 fully saturated rings. The molecule has 0 atom stereocenters. The zero-order chi connectivity index (χ0) is 27.2. The predicted molar refractivity (Wildman–Crippen MR) is 160 cm³/mol. The Labute approximate surface area is 246 Å². The highest BCUT2D eigenvalue weighted by Gasteiger charge is 2.20. The van der Waals surface area contributed by atoms with Crippen LogP contribution in [0.2, 0.25) is 0 Å². The number of aromatic amines is 2. The lowest BCUT2D eigenvalue weighted by Gasteiger charge is -1.98. The van der Waals surface area contributed by atoms with Crippen LogP contribution in [0.25, 0.3) is 60.4 Å². The number of nitrogens with zero attached hydrogens (tertiary/aromatic N) is 6. The van der Waals surface area contributed by atoms with Crippen LogP contribution in [-0.2, 0) is 11.2 Å². The maximum Gasteiger partial charge on any atom is 0.307 e. The van der Waals surface area contributed by atoms with Gasteiger partial charge in [-0.25, -0.2) is 0 Å². The van der Waals surface area contributed by atoms with Gasteiger partial charge in [0.05, 0.1) is 16.2 Å². The first kappa shape index (κ1) is 25.1. The van der Waals surface area contributed by atoms with E-state index in [1.54, 1.807) is 56.7 Å². The number of hydrogen-bond donors (Lipinski definition) is 3. The topological polar surface area (TPSA) is 146 Å². The summed E-state index contributed by atoms with van der Waals surface area (Å²) in [6.07, 6.45) is -0.0363. The van der Waals surface area contributed by atoms with Crippen molar-refractivity contribution in [3.05, 3.63) is 59.7 Å². The molecule has 0 saturated carbocycles. The van der Waals surface area contributed by atoms with Crippen LogP contribution in [0.5, 0.6) is 0 Å². The molecule has 0 unspecified atom stereocenters. The van der Waals surface area contributed by atoms with E-state index >= 15 is 0 Å². The van der Waals surface area contributed by atoms with E-state index in [-0.39, 0.29) is 6.42 Å². The summed E-state index contributed by atoms with van der Waals surface area (Å²) >= 11 is 8.24. The van der Waals surface area contributed by atoms with Gasteiger partial charge in [0.2, 0.25) is 11.6 Å². The first-order valence-corrected chi connectivity index (χ1v) is 15.8. The van der Waals surface area contributed by atoms with Crippen molar-refractivity contribution >= 4 is 62.7 Å². The maximum atomic E-state index is 11.7. The average molecular weight is 621 g/mol. The number of nitrogens with one attached hydrogen (secondary N) is 2. The Balaban J connectivity index is 1.20. The molecular weight excluding hydrogens is 605 g/mol. The van der Waals surface area contributed by atoms with Crippen molar-refractivity contribution in [2.45, 2.75) is 13.3 Å². The first-order valence-electron chi connectivity index (χ1n) is 11.8. The van der Waals surface area contributed by atoms with Gasteiger partial charge in [-0.2, -0.15) is 10.4 Å². The van der Waals surface area contributed by atoms with Crippen LogP contribution in [0, 0.1) is 6.92 Å². The van der Waals surface area contributed by atoms with E-state index in [1.165, 1.54) is 15.3 Å². The van der Waals surface area contributed by atoms with Gasteiger partial charge in [0.15, 0.2) is 0 Å². The van der Waals surface area contributed by atoms with Crippen molar-refractivity contribution < 1.29 is 9.90 Å². The van der Waals surface area contributed by atoms with E-state index < -0.39 is 5.97 Å². The highest BCUT2D eigenvalue weighted by molar-refractivity contribution is 7.30. The molecule has 0 aliphatic carbocycles. The van der Waals surface area contributed by atoms with Crippen LogP contribution in [0.1, 0.15) is 11.1 Å². The molecule has 15 heteroatoms. The molecule has 0 aromatic carbocycles. The van der Waals surface area contributed by atoms with Crippen molar-refractivity contribution in [3.63, 3.8) is 0 Å². The van der Waals surface area contributed by atoms with Gasteiger partial charge in [-0.15, -0.1) is 77.1 Å². The number of carbonyl (C=O) groups is 1. The number of H-pyrrole nitrogens is 2. The van der Waals surface area contributed by atoms with E-state index in [9.17, 15) is 9.90 Å². The second-order valence-electron chi connectivity index (χ2n) is 8.62. The number of aromatic nitrogens is 8. The van der Waals surface area contributed by atoms with Gasteiger partial charge >= 0.3 is 5.97 Å². The molecule has 0 bridgehead atoms. The lowest BCUT2D eigenvalue weighted by molar-refractivity contribution is -0.136. The fourth-order valence-corrected chi connectivity index (χ4v) is 9.91. The summed E-state index contributed by atoms with van der Waals surface area (Å²) in [6, 6.07) is 16.5. The third-order valence-electron chi connectivity index (χ3n) is 5.95. The molecular formula is C25H16N8O2S5. The van der Waals surface area contributed by atoms with Gasteiger partial charge in [-0.1, -0.05) is 0 Å². The van der Waals surface area contributed by atoms with Crippen molar-refractivity contribution in [2.75, 3.05) is 0 Å². The fourth-order valence-electron chi connectivity index (χ4n) is 4.20. The average Bonchev–Trinajstić information content (AvgIpc) is 3.79. The summed E-state index contributed by atoms with van der Waals surface area (Å²) in [5.74, 6) is 0.283. The zero-order valence-corrected chi connectivity index (χ0v) is 24.5. The van der Waals surface area contributed by atoms with E-state index in [2.05, 4.69) is 72.4 Å². The molecule has 7 aromatic heterocycles. The SMILES string of the molecule is Cc1cc(-c2ccc(-c3nn[nH]n3)s2)sc1-c1ccc(-c2sc(-c3ccc(-c4nn[nH]n4)s3)cc2CC(=O)O)s1. The third-order valence-corrected chi connectivity index (χ3v) is 12.4. The highest BCUT2D eigenvalue weighted by Crippen LogP contribution is 2.48. The number of aryl methyl sites for hydroxylation is 1. The van der Waals surface area contributed by atoms with Crippen LogP contribution < -0.4 is 0 Å². The largest absolute Gasteiger partial charge is 0.481 e. The van der Waals surface area contributed by atoms with Crippen LogP contribution in [-0.4, -0.2) is 52.3 Å². The summed E-state index contributed by atoms with van der Waals surface area (Å²) in [5, 5.41) is 38.2. The lowest BCUT2D eigenvalue weighted by Crippen LogP contribution is -1.99. The molecule has 40 heavy (non-hydrogen) atoms. The summed E-state index contributed by atoms with van der Waals surface area (Å²) in [4.78, 5) is 22.4. The number of aliphatic carboxylic acids is 1. The fraction of sp³-hybridized carbons (Fsp3) is 0.0800. The Morgan fingerprint density at radius 1 is 0.675 bits per heavy atom. The number of carboxylic acids is 1. The second-order valence-corrected chi connectivity index (χ2v) is 14.0. The molecule has 7 rings (SSSR count). The maximum absolute atomic E-state index is 11.7. The van der Waals surface area contributed by atoms with Crippen molar-refractivity contribution in [2.24, 2.45) is 0 Å². The number of tetrazole rings is 2. The monoisotopic (exact) mass is 620 g/mol. The molecule has 198 valence electrons. The molecule has 7 heterocycles. The summed E-state index contributed by atoms with van der Waals surface area (Å²) in [7, 11) is 0. The Hall–Kier alpha value is -3.89. The zero-order valence-electron chi connectivity index (χ0n) is 20.4. The van der Waals surface area contributed by atoms with E-state index in [4.69, 9.17) is 0 Å². The van der Waals surface area contributed by atoms with Crippen LogP contribution in [0.15, 0.2) is 48.5 Å². The van der Waals surface area contributed by atoms with Gasteiger partial charge < -0.3 is 5.11 Å². The quantitative estimate of drug-likeness (QED) is 0.165. The summed E-state index contributed by atoms with van der Waals surface area (Å²) in [5.41, 5.74) is 2.01. The van der Waals surface area contributed by atoms with Gasteiger partial charge in [0.25, 0.3) is 0 Å². The summed E-state index contributed by atoms with van der Waals surface area (Å²) < 4.78 is 0. The second kappa shape index (κ2) is 10.3. The first-order chi connectivity index (χ1) is 19.5. The molecule has 7 aromatic rings. The van der Waals surface area contributed by atoms with E-state index in [1.807, 2.05) is 24.3 Å². The van der Waals surface area contributed by atoms with Crippen LogP contribution in [0.3, 0.4) is 0 Å². The van der Waals surface area contributed by atoms with E-state index in [0.717, 1.165) is 44.6 Å². The predicted octanol–water partition coefficient (Wildman–Crippen LogP) is 6.96. The molecule has 0 amide bonds. The number of rotatable bonds is 8. The van der Waals surface area contributed by atoms with Gasteiger partial charge in [-0.05, 0) is 77.0 Å². The van der Waals surface area contributed by atoms with Gasteiger partial charge in [0, 0.05) is 39.0 Å². The minimum absolute atomic E-state index is 0.0363. The Morgan fingerprint density at radius 2 is 1.18 bits per heavy atom. The van der Waals surface area contributed by atoms with Gasteiger partial charge in [-0.3, -0.25) is 4.79 Å². The molecule has 0 radical (unpaired) electrons. The molecule has 0 saturated heterocycles. The minimum atomic E-state index is -0.851. The van der Waals surface area contributed by atoms with E-state index in [0.29, 0.717) is 11.6 Å². The molecule has 0 aliphatic rings. The highest BCUT2D eigenvalue weighted by atomic mass is 32.1.